The predicted molar refractivity (Wildman–Crippen MR) is 112 cm³/mol. The van der Waals surface area contributed by atoms with Crippen LogP contribution in [0, 0.1) is 0 Å². The number of carboxylic acids is 1. The number of primary amides is 1. The van der Waals surface area contributed by atoms with E-state index in [2.05, 4.69) is 16.0 Å². The van der Waals surface area contributed by atoms with Gasteiger partial charge >= 0.3 is 5.97 Å². The lowest BCUT2D eigenvalue weighted by atomic mass is 10.1. The number of carbonyl (C=O) groups excluding carboxylic acids is 4. The van der Waals surface area contributed by atoms with Crippen molar-refractivity contribution in [2.24, 2.45) is 22.9 Å². The lowest BCUT2D eigenvalue weighted by Gasteiger charge is -2.24. The fourth-order valence-corrected chi connectivity index (χ4v) is 2.72. The third kappa shape index (κ3) is 12.5. The van der Waals surface area contributed by atoms with Gasteiger partial charge in [0.25, 0.3) is 0 Å². The van der Waals surface area contributed by atoms with Gasteiger partial charge in [0.05, 0.1) is 13.0 Å². The molecule has 0 fully saturated rings. The van der Waals surface area contributed by atoms with Crippen LogP contribution in [-0.4, -0.2) is 72.5 Å². The Hall–Kier alpha value is -2.77. The molecule has 0 bridgehead atoms. The standard InChI is InChI=1S/C18H35N7O6/c19-7-3-1-5-11(23-15(27)10-21)16(28)25-13(9-14(22)26)17(29)24-12(18(30)31)6-2-4-8-20/h11-13H,1-10,19-21H2,(H2,22,26)(H,23,27)(H,24,29)(H,25,28)(H,30,31). The predicted octanol–water partition coefficient (Wildman–Crippen LogP) is -3.38. The number of hydrogen-bond donors (Lipinski definition) is 8. The highest BCUT2D eigenvalue weighted by Crippen LogP contribution is 2.05. The Kier molecular flexibility index (Phi) is 14.6. The van der Waals surface area contributed by atoms with Gasteiger partial charge in [-0.15, -0.1) is 0 Å². The summed E-state index contributed by atoms with van der Waals surface area (Å²) in [7, 11) is 0. The number of carbonyl (C=O) groups is 5. The lowest BCUT2D eigenvalue weighted by Crippen LogP contribution is -2.57. The molecule has 12 N–H and O–H groups in total. The molecule has 0 aromatic heterocycles. The average molecular weight is 446 g/mol. The Morgan fingerprint density at radius 3 is 1.65 bits per heavy atom. The first-order chi connectivity index (χ1) is 14.7. The number of aliphatic carboxylic acids is 1. The molecule has 3 atom stereocenters. The molecule has 0 aromatic carbocycles. The van der Waals surface area contributed by atoms with Gasteiger partial charge in [0.15, 0.2) is 0 Å². The van der Waals surface area contributed by atoms with Crippen molar-refractivity contribution in [3.63, 3.8) is 0 Å². The molecular formula is C18H35N7O6. The highest BCUT2D eigenvalue weighted by Gasteiger charge is 2.30. The monoisotopic (exact) mass is 445 g/mol. The number of unbranched alkanes of at least 4 members (excludes halogenated alkanes) is 2. The lowest BCUT2D eigenvalue weighted by molar-refractivity contribution is -0.142. The molecule has 13 nitrogen and oxygen atoms in total. The fraction of sp³-hybridized carbons (Fsp3) is 0.722. The number of nitrogens with two attached hydrogens (primary N) is 4. The van der Waals surface area contributed by atoms with E-state index in [4.69, 9.17) is 22.9 Å². The van der Waals surface area contributed by atoms with Gasteiger partial charge in [0.2, 0.25) is 23.6 Å². The summed E-state index contributed by atoms with van der Waals surface area (Å²) in [5.41, 5.74) is 21.3. The van der Waals surface area contributed by atoms with E-state index in [0.29, 0.717) is 38.8 Å². The van der Waals surface area contributed by atoms with Crippen molar-refractivity contribution in [1.29, 1.82) is 0 Å². The van der Waals surface area contributed by atoms with E-state index < -0.39 is 54.1 Å². The van der Waals surface area contributed by atoms with Crippen LogP contribution in [0.5, 0.6) is 0 Å². The minimum Gasteiger partial charge on any atom is -0.480 e. The third-order valence-corrected chi connectivity index (χ3v) is 4.38. The topological polar surface area (TPSA) is 246 Å². The zero-order valence-corrected chi connectivity index (χ0v) is 17.6. The van der Waals surface area contributed by atoms with Crippen molar-refractivity contribution >= 4 is 29.6 Å². The van der Waals surface area contributed by atoms with Crippen LogP contribution in [0.1, 0.15) is 44.9 Å². The van der Waals surface area contributed by atoms with E-state index in [0.717, 1.165) is 0 Å². The zero-order chi connectivity index (χ0) is 23.8. The minimum absolute atomic E-state index is 0.129. The Morgan fingerprint density at radius 1 is 0.710 bits per heavy atom. The second-order valence-electron chi connectivity index (χ2n) is 7.02. The summed E-state index contributed by atoms with van der Waals surface area (Å²) >= 11 is 0. The van der Waals surface area contributed by atoms with E-state index in [1.807, 2.05) is 0 Å². The van der Waals surface area contributed by atoms with Crippen molar-refractivity contribution in [2.45, 2.75) is 63.1 Å². The van der Waals surface area contributed by atoms with Gasteiger partial charge in [0, 0.05) is 0 Å². The Bertz CT molecular complexity index is 616. The van der Waals surface area contributed by atoms with Crippen molar-refractivity contribution in [1.82, 2.24) is 16.0 Å². The smallest absolute Gasteiger partial charge is 0.326 e. The average Bonchev–Trinajstić information content (AvgIpc) is 2.71. The van der Waals surface area contributed by atoms with E-state index >= 15 is 0 Å². The molecule has 0 spiro atoms. The van der Waals surface area contributed by atoms with E-state index in [9.17, 15) is 29.1 Å². The van der Waals surface area contributed by atoms with Crippen molar-refractivity contribution in [2.75, 3.05) is 19.6 Å². The first-order valence-electron chi connectivity index (χ1n) is 10.2. The second-order valence-corrected chi connectivity index (χ2v) is 7.02. The highest BCUT2D eigenvalue weighted by molar-refractivity contribution is 5.95. The molecule has 178 valence electrons. The normalized spacial score (nSPS) is 13.5. The number of amides is 4. The van der Waals surface area contributed by atoms with Crippen LogP contribution >= 0.6 is 0 Å². The summed E-state index contributed by atoms with van der Waals surface area (Å²) < 4.78 is 0. The van der Waals surface area contributed by atoms with Gasteiger partial charge in [-0.2, -0.15) is 0 Å². The van der Waals surface area contributed by atoms with Crippen LogP contribution in [0.15, 0.2) is 0 Å². The van der Waals surface area contributed by atoms with E-state index in [-0.39, 0.29) is 19.4 Å². The molecular weight excluding hydrogens is 410 g/mol. The van der Waals surface area contributed by atoms with Crippen LogP contribution in [0.3, 0.4) is 0 Å². The molecule has 0 saturated heterocycles. The van der Waals surface area contributed by atoms with Gasteiger partial charge in [0.1, 0.15) is 18.1 Å². The molecule has 0 aliphatic heterocycles. The number of hydrogen-bond acceptors (Lipinski definition) is 8. The maximum Gasteiger partial charge on any atom is 0.326 e. The summed E-state index contributed by atoms with van der Waals surface area (Å²) in [5, 5.41) is 16.4. The summed E-state index contributed by atoms with van der Waals surface area (Å²) in [5.74, 6) is -4.31. The molecule has 3 unspecified atom stereocenters. The summed E-state index contributed by atoms with van der Waals surface area (Å²) in [6.07, 6.45) is 1.99. The molecule has 0 heterocycles. The third-order valence-electron chi connectivity index (χ3n) is 4.38. The maximum absolute atomic E-state index is 12.7. The summed E-state index contributed by atoms with van der Waals surface area (Å²) in [6.45, 7) is 0.433. The fourth-order valence-electron chi connectivity index (χ4n) is 2.72. The summed E-state index contributed by atoms with van der Waals surface area (Å²) in [6, 6.07) is -3.64. The highest BCUT2D eigenvalue weighted by atomic mass is 16.4. The zero-order valence-electron chi connectivity index (χ0n) is 17.6. The van der Waals surface area contributed by atoms with Crippen LogP contribution < -0.4 is 38.9 Å². The van der Waals surface area contributed by atoms with Gasteiger partial charge < -0.3 is 44.0 Å². The molecule has 0 aliphatic rings. The van der Waals surface area contributed by atoms with Crippen molar-refractivity contribution < 1.29 is 29.1 Å². The second kappa shape index (κ2) is 16.0. The quantitative estimate of drug-likeness (QED) is 0.104. The molecule has 0 aliphatic carbocycles. The van der Waals surface area contributed by atoms with Gasteiger partial charge in [-0.1, -0.05) is 0 Å². The SMILES string of the molecule is NCCCCC(NC(=O)C(CC(N)=O)NC(=O)C(CCCCN)NC(=O)CN)C(=O)O. The number of nitrogens with one attached hydrogen (secondary N) is 3. The summed E-state index contributed by atoms with van der Waals surface area (Å²) in [4.78, 5) is 59.7. The Morgan fingerprint density at radius 2 is 1.19 bits per heavy atom. The Labute approximate surface area is 181 Å². The number of carboxylic acid groups (broad SMARTS) is 1. The van der Waals surface area contributed by atoms with E-state index in [1.165, 1.54) is 0 Å². The van der Waals surface area contributed by atoms with Gasteiger partial charge in [-0.05, 0) is 51.6 Å². The largest absolute Gasteiger partial charge is 0.480 e. The molecule has 0 radical (unpaired) electrons. The van der Waals surface area contributed by atoms with Crippen molar-refractivity contribution in [3.8, 4) is 0 Å². The molecule has 13 heteroatoms. The molecule has 31 heavy (non-hydrogen) atoms. The Balaban J connectivity index is 5.28. The molecule has 0 rings (SSSR count). The van der Waals surface area contributed by atoms with Gasteiger partial charge in [-0.3, -0.25) is 19.2 Å². The number of rotatable bonds is 17. The van der Waals surface area contributed by atoms with Crippen LogP contribution in [-0.2, 0) is 24.0 Å². The first-order valence-corrected chi connectivity index (χ1v) is 10.2. The van der Waals surface area contributed by atoms with Crippen LogP contribution in [0.4, 0.5) is 0 Å². The molecule has 0 aromatic rings. The van der Waals surface area contributed by atoms with Crippen LogP contribution in [0.25, 0.3) is 0 Å². The molecule has 0 saturated carbocycles. The minimum atomic E-state index is -1.41. The van der Waals surface area contributed by atoms with E-state index in [1.54, 1.807) is 0 Å². The maximum atomic E-state index is 12.7. The van der Waals surface area contributed by atoms with Crippen LogP contribution in [0.2, 0.25) is 0 Å². The first kappa shape index (κ1) is 28.2. The molecule has 4 amide bonds. The van der Waals surface area contributed by atoms with Gasteiger partial charge in [-0.25, -0.2) is 4.79 Å². The van der Waals surface area contributed by atoms with Crippen molar-refractivity contribution in [3.05, 3.63) is 0 Å².